The molecule has 1 aliphatic heterocycles. The summed E-state index contributed by atoms with van der Waals surface area (Å²) in [5.74, 6) is 2.47. The minimum absolute atomic E-state index is 0.160. The van der Waals surface area contributed by atoms with E-state index >= 15 is 0 Å². The molecule has 0 aromatic carbocycles. The van der Waals surface area contributed by atoms with Crippen LogP contribution in [0.15, 0.2) is 0 Å². The summed E-state index contributed by atoms with van der Waals surface area (Å²) < 4.78 is 0. The highest BCUT2D eigenvalue weighted by molar-refractivity contribution is 7.80. The summed E-state index contributed by atoms with van der Waals surface area (Å²) in [6, 6.07) is 0. The third kappa shape index (κ3) is 3.21. The van der Waals surface area contributed by atoms with Crippen molar-refractivity contribution in [3.8, 4) is 12.3 Å². The molecular weight excluding hydrogens is 184 g/mol. The first-order chi connectivity index (χ1) is 6.24. The fraction of sp³-hybridized carbons (Fsp3) is 0.667. The lowest BCUT2D eigenvalue weighted by atomic mass is 10.1. The Balaban J connectivity index is 2.28. The van der Waals surface area contributed by atoms with Crippen molar-refractivity contribution in [2.24, 2.45) is 0 Å². The Kier molecular flexibility index (Phi) is 4.00. The topological polar surface area (TPSA) is 35.5 Å². The summed E-state index contributed by atoms with van der Waals surface area (Å²) in [5.41, 5.74) is 0. The molecule has 0 unspecified atom stereocenters. The molecule has 0 amide bonds. The zero-order chi connectivity index (χ0) is 9.68. The first kappa shape index (κ1) is 10.3. The van der Waals surface area contributed by atoms with Gasteiger partial charge in [-0.05, 0) is 25.1 Å². The van der Waals surface area contributed by atoms with Crippen LogP contribution in [0, 0.1) is 12.3 Å². The Hall–Kier alpha value is -0.790. The van der Waals surface area contributed by atoms with Crippen LogP contribution in [-0.4, -0.2) is 40.9 Å². The fourth-order valence-corrected chi connectivity index (χ4v) is 1.56. The number of hydrogen-bond donors (Lipinski definition) is 2. The minimum Gasteiger partial charge on any atom is -0.393 e. The van der Waals surface area contributed by atoms with Gasteiger partial charge in [-0.1, -0.05) is 5.92 Å². The van der Waals surface area contributed by atoms with Crippen molar-refractivity contribution in [3.63, 3.8) is 0 Å². The first-order valence-corrected chi connectivity index (χ1v) is 4.79. The first-order valence-electron chi connectivity index (χ1n) is 4.38. The molecule has 1 heterocycles. The van der Waals surface area contributed by atoms with E-state index in [2.05, 4.69) is 11.2 Å². The molecule has 0 atom stereocenters. The van der Waals surface area contributed by atoms with Crippen molar-refractivity contribution in [2.75, 3.05) is 19.6 Å². The van der Waals surface area contributed by atoms with Gasteiger partial charge >= 0.3 is 0 Å². The highest BCUT2D eigenvalue weighted by Crippen LogP contribution is 2.09. The Morgan fingerprint density at radius 1 is 1.62 bits per heavy atom. The molecule has 0 spiro atoms. The molecule has 1 aliphatic rings. The van der Waals surface area contributed by atoms with E-state index in [0.717, 1.165) is 25.9 Å². The highest BCUT2D eigenvalue weighted by atomic mass is 32.1. The molecule has 2 N–H and O–H groups in total. The minimum atomic E-state index is -0.160. The van der Waals surface area contributed by atoms with Gasteiger partial charge in [-0.25, -0.2) is 0 Å². The molecule has 13 heavy (non-hydrogen) atoms. The molecule has 0 aromatic heterocycles. The summed E-state index contributed by atoms with van der Waals surface area (Å²) in [6.07, 6.45) is 6.52. The van der Waals surface area contributed by atoms with Gasteiger partial charge in [0.05, 0.1) is 12.6 Å². The van der Waals surface area contributed by atoms with Gasteiger partial charge in [-0.15, -0.1) is 6.42 Å². The molecule has 1 saturated heterocycles. The summed E-state index contributed by atoms with van der Waals surface area (Å²) in [5, 5.41) is 12.9. The zero-order valence-corrected chi connectivity index (χ0v) is 8.31. The number of thiocarbonyl (C=S) groups is 1. The number of nitrogens with zero attached hydrogens (tertiary/aromatic N) is 1. The summed E-state index contributed by atoms with van der Waals surface area (Å²) in [6.45, 7) is 2.10. The largest absolute Gasteiger partial charge is 0.393 e. The molecule has 0 radical (unpaired) electrons. The predicted octanol–water partition coefficient (Wildman–Crippen LogP) is -0.0492. The van der Waals surface area contributed by atoms with Crippen LogP contribution in [0.4, 0.5) is 0 Å². The van der Waals surface area contributed by atoms with Crippen LogP contribution in [0.3, 0.4) is 0 Å². The molecule has 0 aliphatic carbocycles. The monoisotopic (exact) mass is 198 g/mol. The van der Waals surface area contributed by atoms with Crippen LogP contribution < -0.4 is 5.32 Å². The van der Waals surface area contributed by atoms with Crippen LogP contribution in [0.1, 0.15) is 12.8 Å². The van der Waals surface area contributed by atoms with Gasteiger partial charge in [0.1, 0.15) is 0 Å². The van der Waals surface area contributed by atoms with Crippen molar-refractivity contribution in [1.29, 1.82) is 0 Å². The van der Waals surface area contributed by atoms with Crippen molar-refractivity contribution >= 4 is 17.3 Å². The van der Waals surface area contributed by atoms with Gasteiger partial charge in [0.2, 0.25) is 0 Å². The predicted molar refractivity (Wildman–Crippen MR) is 56.2 cm³/mol. The fourth-order valence-electron chi connectivity index (χ4n) is 1.31. The second kappa shape index (κ2) is 5.05. The number of hydrogen-bond acceptors (Lipinski definition) is 2. The second-order valence-electron chi connectivity index (χ2n) is 3.08. The lowest BCUT2D eigenvalue weighted by molar-refractivity contribution is 0.109. The van der Waals surface area contributed by atoms with E-state index in [-0.39, 0.29) is 6.10 Å². The van der Waals surface area contributed by atoms with Gasteiger partial charge < -0.3 is 15.3 Å². The number of terminal acetylenes is 1. The molecule has 3 nitrogen and oxygen atoms in total. The van der Waals surface area contributed by atoms with Crippen molar-refractivity contribution in [2.45, 2.75) is 18.9 Å². The normalized spacial score (nSPS) is 18.0. The van der Waals surface area contributed by atoms with E-state index in [1.807, 2.05) is 4.90 Å². The maximum absolute atomic E-state index is 9.26. The van der Waals surface area contributed by atoms with Gasteiger partial charge in [0, 0.05) is 13.1 Å². The molecule has 0 aromatic rings. The van der Waals surface area contributed by atoms with Crippen LogP contribution in [0.25, 0.3) is 0 Å². The quantitative estimate of drug-likeness (QED) is 0.457. The number of rotatable bonds is 1. The van der Waals surface area contributed by atoms with Crippen LogP contribution in [0.5, 0.6) is 0 Å². The Morgan fingerprint density at radius 3 is 2.77 bits per heavy atom. The van der Waals surface area contributed by atoms with Crippen molar-refractivity contribution in [3.05, 3.63) is 0 Å². The van der Waals surface area contributed by atoms with Crippen molar-refractivity contribution < 1.29 is 5.11 Å². The van der Waals surface area contributed by atoms with Crippen LogP contribution >= 0.6 is 12.2 Å². The maximum Gasteiger partial charge on any atom is 0.169 e. The van der Waals surface area contributed by atoms with Gasteiger partial charge in [0.25, 0.3) is 0 Å². The summed E-state index contributed by atoms with van der Waals surface area (Å²) >= 11 is 5.12. The van der Waals surface area contributed by atoms with Crippen LogP contribution in [-0.2, 0) is 0 Å². The average molecular weight is 198 g/mol. The molecule has 1 fully saturated rings. The van der Waals surface area contributed by atoms with Gasteiger partial charge in [-0.3, -0.25) is 0 Å². The van der Waals surface area contributed by atoms with E-state index in [4.69, 9.17) is 18.6 Å². The number of nitrogens with one attached hydrogen (secondary N) is 1. The molecular formula is C9H14N2OS. The number of likely N-dealkylation sites (tertiary alicyclic amines) is 1. The SMILES string of the molecule is C#CCNC(=S)N1CCC(O)CC1. The summed E-state index contributed by atoms with van der Waals surface area (Å²) in [4.78, 5) is 2.04. The third-order valence-electron chi connectivity index (χ3n) is 2.09. The lowest BCUT2D eigenvalue weighted by Gasteiger charge is -2.31. The molecule has 1 rings (SSSR count). The van der Waals surface area contributed by atoms with E-state index in [1.165, 1.54) is 0 Å². The van der Waals surface area contributed by atoms with E-state index < -0.39 is 0 Å². The number of aliphatic hydroxyl groups excluding tert-OH is 1. The van der Waals surface area contributed by atoms with Gasteiger partial charge in [-0.2, -0.15) is 0 Å². The molecule has 0 saturated carbocycles. The Morgan fingerprint density at radius 2 is 2.23 bits per heavy atom. The Bertz CT molecular complexity index is 216. The second-order valence-corrected chi connectivity index (χ2v) is 3.47. The van der Waals surface area contributed by atoms with E-state index in [9.17, 15) is 5.11 Å². The molecule has 4 heteroatoms. The smallest absolute Gasteiger partial charge is 0.169 e. The number of aliphatic hydroxyl groups is 1. The van der Waals surface area contributed by atoms with Gasteiger partial charge in [0.15, 0.2) is 5.11 Å². The molecule has 72 valence electrons. The average Bonchev–Trinajstić information content (AvgIpc) is 2.15. The third-order valence-corrected chi connectivity index (χ3v) is 2.50. The lowest BCUT2D eigenvalue weighted by Crippen LogP contribution is -2.45. The standard InChI is InChI=1S/C9H14N2OS/c1-2-5-10-9(13)11-6-3-8(12)4-7-11/h1,8,12H,3-7H2,(H,10,13). The Labute approximate surface area is 84.1 Å². The van der Waals surface area contributed by atoms with Crippen molar-refractivity contribution in [1.82, 2.24) is 10.2 Å². The van der Waals surface area contributed by atoms with Crippen LogP contribution in [0.2, 0.25) is 0 Å². The molecule has 0 bridgehead atoms. The zero-order valence-electron chi connectivity index (χ0n) is 7.49. The van der Waals surface area contributed by atoms with E-state index in [0.29, 0.717) is 11.7 Å². The highest BCUT2D eigenvalue weighted by Gasteiger charge is 2.18. The maximum atomic E-state index is 9.26. The number of piperidine rings is 1. The summed E-state index contributed by atoms with van der Waals surface area (Å²) in [7, 11) is 0. The van der Waals surface area contributed by atoms with E-state index in [1.54, 1.807) is 0 Å².